The second kappa shape index (κ2) is 6.24. The molecule has 1 atom stereocenters. The summed E-state index contributed by atoms with van der Waals surface area (Å²) in [6, 6.07) is 6.24. The molecule has 1 unspecified atom stereocenters. The lowest BCUT2D eigenvalue weighted by molar-refractivity contribution is -0.116. The Bertz CT molecular complexity index is 685. The number of thioether (sulfide) groups is 1. The lowest BCUT2D eigenvalue weighted by Crippen LogP contribution is -2.37. The van der Waals surface area contributed by atoms with E-state index in [2.05, 4.69) is 13.0 Å². The smallest absolute Gasteiger partial charge is 0.236 e. The van der Waals surface area contributed by atoms with E-state index in [4.69, 9.17) is 0 Å². The highest BCUT2D eigenvalue weighted by molar-refractivity contribution is 8.02. The van der Waals surface area contributed by atoms with Crippen molar-refractivity contribution in [3.05, 3.63) is 29.3 Å². The number of nitrogens with zero attached hydrogens (tertiary/aromatic N) is 1. The molecule has 120 valence electrons. The molecule has 3 rings (SSSR count). The van der Waals surface area contributed by atoms with Gasteiger partial charge in [0.15, 0.2) is 9.84 Å². The van der Waals surface area contributed by atoms with Gasteiger partial charge < -0.3 is 4.90 Å². The first kappa shape index (κ1) is 15.9. The standard InChI is InChI=1S/C16H21NO3S2/c1-12-4-5-15-13(9-12)3-2-7-17(15)16(18)10-21-14-6-8-22(19,20)11-14/h4-5,9,14H,2-3,6-8,10-11H2,1H3. The lowest BCUT2D eigenvalue weighted by atomic mass is 9.99. The average molecular weight is 339 g/mol. The molecule has 0 bridgehead atoms. The van der Waals surface area contributed by atoms with E-state index in [-0.39, 0.29) is 22.7 Å². The monoisotopic (exact) mass is 339 g/mol. The molecule has 2 aliphatic heterocycles. The summed E-state index contributed by atoms with van der Waals surface area (Å²) in [5.74, 6) is 0.956. The number of amides is 1. The number of carbonyl (C=O) groups excluding carboxylic acids is 1. The maximum Gasteiger partial charge on any atom is 0.236 e. The highest BCUT2D eigenvalue weighted by atomic mass is 32.2. The third kappa shape index (κ3) is 3.49. The first-order valence-electron chi connectivity index (χ1n) is 7.66. The molecule has 2 heterocycles. The second-order valence-corrected chi connectivity index (χ2v) is 9.63. The van der Waals surface area contributed by atoms with Gasteiger partial charge in [0.1, 0.15) is 0 Å². The highest BCUT2D eigenvalue weighted by Gasteiger charge is 2.30. The number of benzene rings is 1. The predicted octanol–water partition coefficient (Wildman–Crippen LogP) is 2.19. The molecule has 6 heteroatoms. The molecule has 0 aliphatic carbocycles. The summed E-state index contributed by atoms with van der Waals surface area (Å²) in [6.45, 7) is 2.83. The molecule has 0 spiro atoms. The van der Waals surface area contributed by atoms with Crippen LogP contribution in [0.2, 0.25) is 0 Å². The van der Waals surface area contributed by atoms with Crippen molar-refractivity contribution in [1.82, 2.24) is 0 Å². The third-order valence-corrected chi connectivity index (χ3v) is 7.55. The zero-order chi connectivity index (χ0) is 15.7. The highest BCUT2D eigenvalue weighted by Crippen LogP contribution is 2.30. The van der Waals surface area contributed by atoms with Gasteiger partial charge in [-0.2, -0.15) is 0 Å². The van der Waals surface area contributed by atoms with Crippen molar-refractivity contribution in [2.24, 2.45) is 0 Å². The average Bonchev–Trinajstić information content (AvgIpc) is 2.83. The Hall–Kier alpha value is -1.01. The van der Waals surface area contributed by atoms with Crippen LogP contribution in [0.5, 0.6) is 0 Å². The molecule has 0 aromatic heterocycles. The van der Waals surface area contributed by atoms with Crippen LogP contribution in [0.4, 0.5) is 5.69 Å². The molecule has 1 amide bonds. The molecular weight excluding hydrogens is 318 g/mol. The summed E-state index contributed by atoms with van der Waals surface area (Å²) in [5, 5.41) is 0.0798. The molecule has 1 saturated heterocycles. The van der Waals surface area contributed by atoms with Crippen molar-refractivity contribution < 1.29 is 13.2 Å². The predicted molar refractivity (Wildman–Crippen MR) is 91.4 cm³/mol. The molecule has 0 N–H and O–H groups in total. The number of hydrogen-bond donors (Lipinski definition) is 0. The van der Waals surface area contributed by atoms with Crippen LogP contribution in [0.15, 0.2) is 18.2 Å². The Balaban J connectivity index is 1.64. The summed E-state index contributed by atoms with van der Waals surface area (Å²) in [5.41, 5.74) is 3.49. The summed E-state index contributed by atoms with van der Waals surface area (Å²) in [4.78, 5) is 14.4. The Morgan fingerprint density at radius 2 is 2.23 bits per heavy atom. The minimum atomic E-state index is -2.87. The molecule has 4 nitrogen and oxygen atoms in total. The zero-order valence-electron chi connectivity index (χ0n) is 12.7. The molecule has 0 radical (unpaired) electrons. The molecule has 1 aromatic rings. The summed E-state index contributed by atoms with van der Waals surface area (Å²) in [7, 11) is -2.87. The van der Waals surface area contributed by atoms with Crippen molar-refractivity contribution in [3.8, 4) is 0 Å². The Morgan fingerprint density at radius 1 is 1.41 bits per heavy atom. The van der Waals surface area contributed by atoms with Crippen molar-refractivity contribution in [3.63, 3.8) is 0 Å². The van der Waals surface area contributed by atoms with Crippen LogP contribution in [-0.2, 0) is 21.1 Å². The van der Waals surface area contributed by atoms with Crippen molar-refractivity contribution in [1.29, 1.82) is 0 Å². The van der Waals surface area contributed by atoms with Gasteiger partial charge >= 0.3 is 0 Å². The summed E-state index contributed by atoms with van der Waals surface area (Å²) < 4.78 is 22.9. The van der Waals surface area contributed by atoms with Gasteiger partial charge in [0.2, 0.25) is 5.91 Å². The van der Waals surface area contributed by atoms with Crippen LogP contribution in [0, 0.1) is 6.92 Å². The molecule has 22 heavy (non-hydrogen) atoms. The normalized spacial score (nSPS) is 23.3. The zero-order valence-corrected chi connectivity index (χ0v) is 14.4. The molecule has 1 aromatic carbocycles. The van der Waals surface area contributed by atoms with Crippen LogP contribution in [0.1, 0.15) is 24.0 Å². The number of sulfone groups is 1. The third-order valence-electron chi connectivity index (χ3n) is 4.29. The number of aryl methyl sites for hydroxylation is 2. The van der Waals surface area contributed by atoms with Gasteiger partial charge in [-0.25, -0.2) is 8.42 Å². The van der Waals surface area contributed by atoms with Crippen LogP contribution in [0.25, 0.3) is 0 Å². The second-order valence-electron chi connectivity index (χ2n) is 6.12. The quantitative estimate of drug-likeness (QED) is 0.847. The fourth-order valence-corrected chi connectivity index (χ4v) is 6.66. The van der Waals surface area contributed by atoms with Crippen LogP contribution >= 0.6 is 11.8 Å². The van der Waals surface area contributed by atoms with Gasteiger partial charge in [-0.3, -0.25) is 4.79 Å². The number of anilines is 1. The van der Waals surface area contributed by atoms with Crippen molar-refractivity contribution >= 4 is 33.2 Å². The van der Waals surface area contributed by atoms with Crippen molar-refractivity contribution in [2.45, 2.75) is 31.4 Å². The Labute approximate surface area is 136 Å². The van der Waals surface area contributed by atoms with E-state index < -0.39 is 9.84 Å². The Morgan fingerprint density at radius 3 is 2.95 bits per heavy atom. The Kier molecular flexibility index (Phi) is 4.50. The maximum atomic E-state index is 12.5. The fraction of sp³-hybridized carbons (Fsp3) is 0.562. The van der Waals surface area contributed by atoms with Crippen LogP contribution < -0.4 is 4.90 Å². The van der Waals surface area contributed by atoms with Crippen LogP contribution in [0.3, 0.4) is 0 Å². The molecular formula is C16H21NO3S2. The topological polar surface area (TPSA) is 54.5 Å². The molecule has 2 aliphatic rings. The number of rotatable bonds is 3. The van der Waals surface area contributed by atoms with E-state index in [0.717, 1.165) is 25.1 Å². The summed E-state index contributed by atoms with van der Waals surface area (Å²) >= 11 is 1.50. The molecule has 0 saturated carbocycles. The summed E-state index contributed by atoms with van der Waals surface area (Å²) in [6.07, 6.45) is 2.69. The SMILES string of the molecule is Cc1ccc2c(c1)CCCN2C(=O)CSC1CCS(=O)(=O)C1. The van der Waals surface area contributed by atoms with Gasteiger partial charge in [-0.1, -0.05) is 17.7 Å². The van der Waals surface area contributed by atoms with Gasteiger partial charge in [0.05, 0.1) is 17.3 Å². The van der Waals surface area contributed by atoms with Gasteiger partial charge in [0, 0.05) is 17.5 Å². The lowest BCUT2D eigenvalue weighted by Gasteiger charge is -2.30. The number of hydrogen-bond acceptors (Lipinski definition) is 4. The van der Waals surface area contributed by atoms with Gasteiger partial charge in [0.25, 0.3) is 0 Å². The van der Waals surface area contributed by atoms with E-state index in [1.54, 1.807) is 0 Å². The largest absolute Gasteiger partial charge is 0.311 e. The van der Waals surface area contributed by atoms with E-state index >= 15 is 0 Å². The van der Waals surface area contributed by atoms with E-state index in [0.29, 0.717) is 12.2 Å². The maximum absolute atomic E-state index is 12.5. The first-order chi connectivity index (χ1) is 10.4. The van der Waals surface area contributed by atoms with Gasteiger partial charge in [-0.15, -0.1) is 11.8 Å². The van der Waals surface area contributed by atoms with E-state index in [1.807, 2.05) is 17.0 Å². The van der Waals surface area contributed by atoms with E-state index in [9.17, 15) is 13.2 Å². The number of carbonyl (C=O) groups is 1. The van der Waals surface area contributed by atoms with Crippen molar-refractivity contribution in [2.75, 3.05) is 28.7 Å². The van der Waals surface area contributed by atoms with Gasteiger partial charge in [-0.05, 0) is 37.8 Å². The van der Waals surface area contributed by atoms with Crippen LogP contribution in [-0.4, -0.2) is 43.4 Å². The molecule has 1 fully saturated rings. The number of fused-ring (bicyclic) bond motifs is 1. The first-order valence-corrected chi connectivity index (χ1v) is 10.5. The fourth-order valence-electron chi connectivity index (χ4n) is 3.14. The van der Waals surface area contributed by atoms with E-state index in [1.165, 1.54) is 22.9 Å². The minimum Gasteiger partial charge on any atom is -0.311 e. The minimum absolute atomic E-state index is 0.0798.